The predicted molar refractivity (Wildman–Crippen MR) is 69.7 cm³/mol. The number of rotatable bonds is 4. The van der Waals surface area contributed by atoms with Crippen molar-refractivity contribution in [1.82, 2.24) is 5.32 Å². The van der Waals surface area contributed by atoms with Gasteiger partial charge in [0, 0.05) is 18.2 Å². The smallest absolute Gasteiger partial charge is 0.146 e. The van der Waals surface area contributed by atoms with E-state index >= 15 is 0 Å². The summed E-state index contributed by atoms with van der Waals surface area (Å²) in [6.45, 7) is 2.75. The third kappa shape index (κ3) is 3.20. The minimum Gasteiger partial charge on any atom is -0.310 e. The van der Waals surface area contributed by atoms with Gasteiger partial charge in [-0.1, -0.05) is 36.6 Å². The van der Waals surface area contributed by atoms with Gasteiger partial charge in [-0.2, -0.15) is 0 Å². The SMILES string of the molecule is C[C@H](NCc1cccc(Cl)c1F)C1CCCC1. The fourth-order valence-electron chi connectivity index (χ4n) is 2.58. The molecule has 1 aliphatic carbocycles. The zero-order valence-electron chi connectivity index (χ0n) is 10.2. The van der Waals surface area contributed by atoms with E-state index in [0.717, 1.165) is 5.92 Å². The maximum absolute atomic E-state index is 13.7. The van der Waals surface area contributed by atoms with Crippen LogP contribution in [0.4, 0.5) is 4.39 Å². The molecule has 1 aromatic rings. The highest BCUT2D eigenvalue weighted by Gasteiger charge is 2.21. The summed E-state index contributed by atoms with van der Waals surface area (Å²) in [5, 5.41) is 3.62. The molecule has 1 saturated carbocycles. The standard InChI is InChI=1S/C14H19ClFN/c1-10(11-5-2-3-6-11)17-9-12-7-4-8-13(15)14(12)16/h4,7-8,10-11,17H,2-3,5-6,9H2,1H3/t10-/m0/s1. The van der Waals surface area contributed by atoms with Gasteiger partial charge in [-0.05, 0) is 31.7 Å². The zero-order valence-corrected chi connectivity index (χ0v) is 10.9. The Morgan fingerprint density at radius 2 is 2.12 bits per heavy atom. The molecular weight excluding hydrogens is 237 g/mol. The number of nitrogens with one attached hydrogen (secondary N) is 1. The average molecular weight is 256 g/mol. The van der Waals surface area contributed by atoms with Gasteiger partial charge in [0.05, 0.1) is 5.02 Å². The lowest BCUT2D eigenvalue weighted by Crippen LogP contribution is -2.32. The number of benzene rings is 1. The van der Waals surface area contributed by atoms with E-state index < -0.39 is 0 Å². The topological polar surface area (TPSA) is 12.0 Å². The van der Waals surface area contributed by atoms with E-state index in [0.29, 0.717) is 18.2 Å². The van der Waals surface area contributed by atoms with E-state index in [1.165, 1.54) is 25.7 Å². The normalized spacial score (nSPS) is 18.5. The summed E-state index contributed by atoms with van der Waals surface area (Å²) in [5.41, 5.74) is 0.655. The summed E-state index contributed by atoms with van der Waals surface area (Å²) in [6, 6.07) is 5.62. The first-order valence-corrected chi connectivity index (χ1v) is 6.72. The Bertz CT molecular complexity index is 374. The molecule has 0 bridgehead atoms. The molecule has 1 nitrogen and oxygen atoms in total. The van der Waals surface area contributed by atoms with E-state index in [1.807, 2.05) is 0 Å². The molecule has 17 heavy (non-hydrogen) atoms. The minimum absolute atomic E-state index is 0.206. The van der Waals surface area contributed by atoms with Crippen LogP contribution in [0.25, 0.3) is 0 Å². The van der Waals surface area contributed by atoms with Crippen molar-refractivity contribution < 1.29 is 4.39 Å². The molecule has 0 saturated heterocycles. The summed E-state index contributed by atoms with van der Waals surface area (Å²) < 4.78 is 13.7. The summed E-state index contributed by atoms with van der Waals surface area (Å²) >= 11 is 5.75. The molecule has 0 heterocycles. The highest BCUT2D eigenvalue weighted by molar-refractivity contribution is 6.30. The monoisotopic (exact) mass is 255 g/mol. The fourth-order valence-corrected chi connectivity index (χ4v) is 2.77. The van der Waals surface area contributed by atoms with Crippen molar-refractivity contribution in [3.63, 3.8) is 0 Å². The van der Waals surface area contributed by atoms with Crippen molar-refractivity contribution in [1.29, 1.82) is 0 Å². The number of halogens is 2. The largest absolute Gasteiger partial charge is 0.310 e. The molecule has 1 fully saturated rings. The van der Waals surface area contributed by atoms with Crippen LogP contribution in [0.5, 0.6) is 0 Å². The third-order valence-corrected chi connectivity index (χ3v) is 4.04. The van der Waals surface area contributed by atoms with Crippen LogP contribution in [-0.2, 0) is 6.54 Å². The summed E-state index contributed by atoms with van der Waals surface area (Å²) in [7, 11) is 0. The van der Waals surface area contributed by atoms with Crippen molar-refractivity contribution in [3.05, 3.63) is 34.6 Å². The Morgan fingerprint density at radius 3 is 2.82 bits per heavy atom. The lowest BCUT2D eigenvalue weighted by molar-refractivity contribution is 0.378. The van der Waals surface area contributed by atoms with Gasteiger partial charge in [0.2, 0.25) is 0 Å². The van der Waals surface area contributed by atoms with Crippen molar-refractivity contribution in [2.24, 2.45) is 5.92 Å². The predicted octanol–water partition coefficient (Wildman–Crippen LogP) is 4.15. The number of hydrogen-bond acceptors (Lipinski definition) is 1. The quantitative estimate of drug-likeness (QED) is 0.852. The maximum Gasteiger partial charge on any atom is 0.146 e. The minimum atomic E-state index is -0.291. The van der Waals surface area contributed by atoms with Crippen LogP contribution >= 0.6 is 11.6 Å². The lowest BCUT2D eigenvalue weighted by Gasteiger charge is -2.20. The van der Waals surface area contributed by atoms with Crippen molar-refractivity contribution >= 4 is 11.6 Å². The average Bonchev–Trinajstić information content (AvgIpc) is 2.84. The van der Waals surface area contributed by atoms with Gasteiger partial charge in [-0.25, -0.2) is 4.39 Å². The summed E-state index contributed by atoms with van der Waals surface area (Å²) in [5.74, 6) is 0.456. The Morgan fingerprint density at radius 1 is 1.41 bits per heavy atom. The molecule has 0 spiro atoms. The Kier molecular flexibility index (Phi) is 4.41. The molecule has 1 aromatic carbocycles. The Balaban J connectivity index is 1.90. The molecule has 0 unspecified atom stereocenters. The van der Waals surface area contributed by atoms with Gasteiger partial charge in [0.1, 0.15) is 5.82 Å². The molecule has 0 amide bonds. The molecule has 0 aromatic heterocycles. The van der Waals surface area contributed by atoms with E-state index in [2.05, 4.69) is 12.2 Å². The molecule has 94 valence electrons. The van der Waals surface area contributed by atoms with Gasteiger partial charge in [0.25, 0.3) is 0 Å². The van der Waals surface area contributed by atoms with Crippen LogP contribution in [0.15, 0.2) is 18.2 Å². The third-order valence-electron chi connectivity index (χ3n) is 3.75. The lowest BCUT2D eigenvalue weighted by atomic mass is 9.99. The van der Waals surface area contributed by atoms with Crippen LogP contribution in [0.2, 0.25) is 5.02 Å². The molecule has 2 rings (SSSR count). The second-order valence-electron chi connectivity index (χ2n) is 4.93. The Hall–Kier alpha value is -0.600. The highest BCUT2D eigenvalue weighted by Crippen LogP contribution is 2.27. The van der Waals surface area contributed by atoms with Gasteiger partial charge in [-0.3, -0.25) is 0 Å². The molecular formula is C14H19ClFN. The Labute approximate surface area is 107 Å². The second kappa shape index (κ2) is 5.83. The molecule has 0 aliphatic heterocycles. The maximum atomic E-state index is 13.7. The van der Waals surface area contributed by atoms with E-state index in [4.69, 9.17) is 11.6 Å². The van der Waals surface area contributed by atoms with Crippen molar-refractivity contribution in [2.45, 2.75) is 45.2 Å². The van der Waals surface area contributed by atoms with Crippen LogP contribution in [0.1, 0.15) is 38.2 Å². The van der Waals surface area contributed by atoms with Crippen molar-refractivity contribution in [3.8, 4) is 0 Å². The van der Waals surface area contributed by atoms with Crippen molar-refractivity contribution in [2.75, 3.05) is 0 Å². The molecule has 1 aliphatic rings. The van der Waals surface area contributed by atoms with Crippen LogP contribution in [0.3, 0.4) is 0 Å². The van der Waals surface area contributed by atoms with Crippen LogP contribution in [0, 0.1) is 11.7 Å². The zero-order chi connectivity index (χ0) is 12.3. The first-order chi connectivity index (χ1) is 8.18. The van der Waals surface area contributed by atoms with E-state index in [-0.39, 0.29) is 10.8 Å². The summed E-state index contributed by atoms with van der Waals surface area (Å²) in [4.78, 5) is 0. The van der Waals surface area contributed by atoms with Gasteiger partial charge in [0.15, 0.2) is 0 Å². The van der Waals surface area contributed by atoms with E-state index in [9.17, 15) is 4.39 Å². The van der Waals surface area contributed by atoms with Crippen LogP contribution in [-0.4, -0.2) is 6.04 Å². The van der Waals surface area contributed by atoms with Gasteiger partial charge >= 0.3 is 0 Å². The van der Waals surface area contributed by atoms with E-state index in [1.54, 1.807) is 18.2 Å². The summed E-state index contributed by atoms with van der Waals surface area (Å²) in [6.07, 6.45) is 5.27. The molecule has 3 heteroatoms. The fraction of sp³-hybridized carbons (Fsp3) is 0.571. The molecule has 1 atom stereocenters. The first-order valence-electron chi connectivity index (χ1n) is 6.34. The van der Waals surface area contributed by atoms with Gasteiger partial charge in [-0.15, -0.1) is 0 Å². The molecule has 1 N–H and O–H groups in total. The number of hydrogen-bond donors (Lipinski definition) is 1. The molecule has 0 radical (unpaired) electrons. The second-order valence-corrected chi connectivity index (χ2v) is 5.33. The first kappa shape index (κ1) is 12.8. The van der Waals surface area contributed by atoms with Gasteiger partial charge < -0.3 is 5.32 Å². The highest BCUT2D eigenvalue weighted by atomic mass is 35.5. The van der Waals surface area contributed by atoms with Crippen LogP contribution < -0.4 is 5.32 Å².